The fourth-order valence-electron chi connectivity index (χ4n) is 5.39. The molecule has 0 aliphatic carbocycles. The van der Waals surface area contributed by atoms with Gasteiger partial charge in [-0.15, -0.1) is 0 Å². The van der Waals surface area contributed by atoms with E-state index in [-0.39, 0.29) is 5.56 Å². The van der Waals surface area contributed by atoms with Crippen LogP contribution in [0.3, 0.4) is 0 Å². The van der Waals surface area contributed by atoms with E-state index in [1.807, 2.05) is 97.5 Å². The number of aryl methyl sites for hydroxylation is 1. The molecular formula is C34H27Cl2N3O2. The molecule has 0 aliphatic rings. The molecule has 2 aromatic heterocycles. The van der Waals surface area contributed by atoms with Crippen LogP contribution in [0.5, 0.6) is 0 Å². The molecule has 0 bridgehead atoms. The SMILES string of the molecule is Cn1c(=O)cc(-c2ccccc2)c2cc(C(COCc3ccc(Cl)cc3)(c3ccc(Cl)cc3)n3ccnc3)ccc21. The van der Waals surface area contributed by atoms with Crippen molar-refractivity contribution in [2.75, 3.05) is 6.61 Å². The number of pyridine rings is 1. The molecule has 0 fully saturated rings. The third-order valence-corrected chi connectivity index (χ3v) is 8.07. The maximum atomic E-state index is 13.0. The molecule has 0 saturated carbocycles. The monoisotopic (exact) mass is 579 g/mol. The first-order chi connectivity index (χ1) is 20.0. The fraction of sp³-hybridized carbons (Fsp3) is 0.118. The second kappa shape index (κ2) is 11.4. The Labute approximate surface area is 248 Å². The Morgan fingerprint density at radius 3 is 2.20 bits per heavy atom. The van der Waals surface area contributed by atoms with Crippen molar-refractivity contribution in [2.24, 2.45) is 7.05 Å². The van der Waals surface area contributed by atoms with Crippen LogP contribution in [-0.4, -0.2) is 20.7 Å². The van der Waals surface area contributed by atoms with Crippen LogP contribution in [0.15, 0.2) is 127 Å². The van der Waals surface area contributed by atoms with Crippen molar-refractivity contribution >= 4 is 34.1 Å². The largest absolute Gasteiger partial charge is 0.374 e. The third-order valence-electron chi connectivity index (χ3n) is 7.57. The van der Waals surface area contributed by atoms with E-state index < -0.39 is 5.54 Å². The highest BCUT2D eigenvalue weighted by Crippen LogP contribution is 2.38. The first-order valence-electron chi connectivity index (χ1n) is 13.2. The summed E-state index contributed by atoms with van der Waals surface area (Å²) in [5.74, 6) is 0. The number of ether oxygens (including phenoxy) is 1. The van der Waals surface area contributed by atoms with E-state index >= 15 is 0 Å². The van der Waals surface area contributed by atoms with Crippen LogP contribution in [0, 0.1) is 0 Å². The first kappa shape index (κ1) is 27.0. The Hall–Kier alpha value is -4.16. The lowest BCUT2D eigenvalue weighted by molar-refractivity contribution is 0.0733. The third kappa shape index (κ3) is 5.20. The van der Waals surface area contributed by atoms with Gasteiger partial charge >= 0.3 is 0 Å². The topological polar surface area (TPSA) is 49.0 Å². The minimum Gasteiger partial charge on any atom is -0.374 e. The maximum Gasteiger partial charge on any atom is 0.251 e. The number of halogens is 2. The average molecular weight is 581 g/mol. The smallest absolute Gasteiger partial charge is 0.251 e. The number of nitrogens with zero attached hydrogens (tertiary/aromatic N) is 3. The molecule has 6 aromatic rings. The molecule has 5 nitrogen and oxygen atoms in total. The van der Waals surface area contributed by atoms with Gasteiger partial charge in [0, 0.05) is 40.9 Å². The van der Waals surface area contributed by atoms with E-state index in [0.29, 0.717) is 23.3 Å². The van der Waals surface area contributed by atoms with Gasteiger partial charge in [0.1, 0.15) is 5.54 Å². The molecule has 0 saturated heterocycles. The molecule has 204 valence electrons. The van der Waals surface area contributed by atoms with Gasteiger partial charge in [-0.25, -0.2) is 4.98 Å². The van der Waals surface area contributed by atoms with Crippen molar-refractivity contribution in [1.29, 1.82) is 0 Å². The average Bonchev–Trinajstić information content (AvgIpc) is 3.55. The van der Waals surface area contributed by atoms with Crippen molar-refractivity contribution in [3.05, 3.63) is 159 Å². The van der Waals surface area contributed by atoms with Crippen LogP contribution in [0.4, 0.5) is 0 Å². The van der Waals surface area contributed by atoms with Gasteiger partial charge < -0.3 is 13.9 Å². The Bertz CT molecular complexity index is 1850. The van der Waals surface area contributed by atoms with Crippen LogP contribution in [-0.2, 0) is 23.9 Å². The molecule has 0 N–H and O–H groups in total. The van der Waals surface area contributed by atoms with Gasteiger partial charge in [0.25, 0.3) is 5.56 Å². The highest BCUT2D eigenvalue weighted by atomic mass is 35.5. The molecule has 0 aliphatic heterocycles. The highest BCUT2D eigenvalue weighted by Gasteiger charge is 2.37. The van der Waals surface area contributed by atoms with E-state index in [2.05, 4.69) is 21.7 Å². The van der Waals surface area contributed by atoms with Gasteiger partial charge in [-0.2, -0.15) is 0 Å². The van der Waals surface area contributed by atoms with Crippen LogP contribution in [0.1, 0.15) is 16.7 Å². The number of hydrogen-bond acceptors (Lipinski definition) is 3. The predicted molar refractivity (Wildman–Crippen MR) is 166 cm³/mol. The minimum absolute atomic E-state index is 0.0611. The van der Waals surface area contributed by atoms with E-state index in [4.69, 9.17) is 27.9 Å². The van der Waals surface area contributed by atoms with Gasteiger partial charge in [-0.3, -0.25) is 4.79 Å². The lowest BCUT2D eigenvalue weighted by Gasteiger charge is -2.36. The van der Waals surface area contributed by atoms with Crippen LogP contribution < -0.4 is 5.56 Å². The van der Waals surface area contributed by atoms with E-state index in [9.17, 15) is 4.79 Å². The molecule has 1 atom stereocenters. The summed E-state index contributed by atoms with van der Waals surface area (Å²) in [6.07, 6.45) is 5.52. The quantitative estimate of drug-likeness (QED) is 0.185. The molecule has 0 radical (unpaired) electrons. The number of fused-ring (bicyclic) bond motifs is 1. The zero-order valence-corrected chi connectivity index (χ0v) is 23.9. The van der Waals surface area contributed by atoms with Gasteiger partial charge in [-0.1, -0.05) is 83.9 Å². The zero-order valence-electron chi connectivity index (χ0n) is 22.4. The van der Waals surface area contributed by atoms with Gasteiger partial charge in [0.2, 0.25) is 0 Å². The van der Waals surface area contributed by atoms with Crippen molar-refractivity contribution < 1.29 is 4.74 Å². The van der Waals surface area contributed by atoms with Crippen molar-refractivity contribution in [2.45, 2.75) is 12.1 Å². The molecular weight excluding hydrogens is 553 g/mol. The molecule has 41 heavy (non-hydrogen) atoms. The van der Waals surface area contributed by atoms with Crippen molar-refractivity contribution in [3.63, 3.8) is 0 Å². The van der Waals surface area contributed by atoms with Crippen molar-refractivity contribution in [1.82, 2.24) is 14.1 Å². The standard InChI is InChI=1S/C34H27Cl2N3O2/c1-38-32-16-11-27(19-31(32)30(20-33(38)40)25-5-3-2-4-6-25)34(39-18-17-37-23-39,26-9-14-29(36)15-10-26)22-41-21-24-7-12-28(35)13-8-24/h2-20,23H,21-22H2,1H3. The normalized spacial score (nSPS) is 12.9. The number of hydrogen-bond donors (Lipinski definition) is 0. The Balaban J connectivity index is 1.56. The fourth-order valence-corrected chi connectivity index (χ4v) is 5.64. The first-order valence-corrected chi connectivity index (χ1v) is 14.0. The number of rotatable bonds is 8. The predicted octanol–water partition coefficient (Wildman–Crippen LogP) is 7.72. The lowest BCUT2D eigenvalue weighted by Crippen LogP contribution is -2.40. The zero-order chi connectivity index (χ0) is 28.4. The summed E-state index contributed by atoms with van der Waals surface area (Å²) in [6, 6.07) is 33.4. The summed E-state index contributed by atoms with van der Waals surface area (Å²) in [4.78, 5) is 17.4. The van der Waals surface area contributed by atoms with E-state index in [1.165, 1.54) is 0 Å². The minimum atomic E-state index is -0.787. The molecule has 0 spiro atoms. The molecule has 6 rings (SSSR count). The second-order valence-corrected chi connectivity index (χ2v) is 10.9. The Kier molecular flexibility index (Phi) is 7.50. The number of aromatic nitrogens is 3. The molecule has 4 aromatic carbocycles. The highest BCUT2D eigenvalue weighted by molar-refractivity contribution is 6.30. The molecule has 0 amide bonds. The van der Waals surface area contributed by atoms with Crippen LogP contribution in [0.2, 0.25) is 10.0 Å². The summed E-state index contributed by atoms with van der Waals surface area (Å²) in [5.41, 5.74) is 4.84. The summed E-state index contributed by atoms with van der Waals surface area (Å²) in [5, 5.41) is 2.30. The lowest BCUT2D eigenvalue weighted by atomic mass is 9.82. The number of imidazole rings is 1. The summed E-state index contributed by atoms with van der Waals surface area (Å²) in [7, 11) is 1.80. The Morgan fingerprint density at radius 1 is 0.829 bits per heavy atom. The number of benzene rings is 4. The molecule has 7 heteroatoms. The van der Waals surface area contributed by atoms with Crippen molar-refractivity contribution in [3.8, 4) is 11.1 Å². The van der Waals surface area contributed by atoms with E-state index in [1.54, 1.807) is 23.9 Å². The van der Waals surface area contributed by atoms with E-state index in [0.717, 1.165) is 38.7 Å². The summed E-state index contributed by atoms with van der Waals surface area (Å²) in [6.45, 7) is 0.712. The van der Waals surface area contributed by atoms with Crippen LogP contribution in [0.25, 0.3) is 22.0 Å². The molecule has 1 unspecified atom stereocenters. The van der Waals surface area contributed by atoms with Gasteiger partial charge in [0.05, 0.1) is 25.1 Å². The van der Waals surface area contributed by atoms with Crippen LogP contribution >= 0.6 is 23.2 Å². The summed E-state index contributed by atoms with van der Waals surface area (Å²) < 4.78 is 10.2. The second-order valence-electron chi connectivity index (χ2n) is 10.0. The Morgan fingerprint density at radius 2 is 1.51 bits per heavy atom. The van der Waals surface area contributed by atoms with Gasteiger partial charge in [-0.05, 0) is 64.2 Å². The molecule has 2 heterocycles. The maximum absolute atomic E-state index is 13.0. The summed E-state index contributed by atoms with van der Waals surface area (Å²) >= 11 is 12.4. The van der Waals surface area contributed by atoms with Gasteiger partial charge in [0.15, 0.2) is 0 Å².